The number of hydrogen-bond donors (Lipinski definition) is 2. The first-order valence-corrected chi connectivity index (χ1v) is 4.94. The third-order valence-corrected chi connectivity index (χ3v) is 2.32. The van der Waals surface area contributed by atoms with E-state index < -0.39 is 0 Å². The summed E-state index contributed by atoms with van der Waals surface area (Å²) in [4.78, 5) is 0. The summed E-state index contributed by atoms with van der Waals surface area (Å²) in [5.74, 6) is 0. The van der Waals surface area contributed by atoms with Gasteiger partial charge in [-0.25, -0.2) is 0 Å². The third kappa shape index (κ3) is 6.02. The number of nitrogens with one attached hydrogen (secondary N) is 1. The van der Waals surface area contributed by atoms with E-state index in [1.165, 1.54) is 0 Å². The van der Waals surface area contributed by atoms with Crippen LogP contribution in [0.2, 0.25) is 0 Å². The minimum atomic E-state index is -0.243. The van der Waals surface area contributed by atoms with Crippen molar-refractivity contribution in [1.29, 1.82) is 0 Å². The highest BCUT2D eigenvalue weighted by Crippen LogP contribution is 2.02. The molecule has 3 heteroatoms. The number of rotatable bonds is 6. The van der Waals surface area contributed by atoms with Crippen molar-refractivity contribution in [1.82, 2.24) is 5.32 Å². The summed E-state index contributed by atoms with van der Waals surface area (Å²) in [5, 5.41) is 12.5. The average molecular weight is 189 g/mol. The predicted octanol–water partition coefficient (Wildman–Crippen LogP) is 1.16. The van der Waals surface area contributed by atoms with Crippen molar-refractivity contribution in [3.8, 4) is 0 Å². The summed E-state index contributed by atoms with van der Waals surface area (Å²) in [7, 11) is 1.71. The first-order chi connectivity index (χ1) is 5.97. The van der Waals surface area contributed by atoms with Crippen LogP contribution < -0.4 is 5.32 Å². The van der Waals surface area contributed by atoms with E-state index in [4.69, 9.17) is 9.84 Å². The molecule has 0 aromatic rings. The lowest BCUT2D eigenvalue weighted by Crippen LogP contribution is -2.42. The van der Waals surface area contributed by atoms with E-state index in [9.17, 15) is 0 Å². The molecule has 80 valence electrons. The molecule has 2 N–H and O–H groups in total. The molecule has 0 aliphatic carbocycles. The standard InChI is InChI=1S/C10H23NO2/c1-7(6-8(2)12)11-9(3)10(4)13-5/h7-12H,6H2,1-5H3. The van der Waals surface area contributed by atoms with Crippen molar-refractivity contribution in [2.24, 2.45) is 0 Å². The van der Waals surface area contributed by atoms with Gasteiger partial charge in [0.1, 0.15) is 0 Å². The van der Waals surface area contributed by atoms with Gasteiger partial charge in [-0.05, 0) is 34.1 Å². The second kappa shape index (κ2) is 6.35. The summed E-state index contributed by atoms with van der Waals surface area (Å²) >= 11 is 0. The van der Waals surface area contributed by atoms with Crippen molar-refractivity contribution >= 4 is 0 Å². The maximum absolute atomic E-state index is 9.16. The molecule has 0 saturated carbocycles. The molecule has 0 aromatic carbocycles. The first-order valence-electron chi connectivity index (χ1n) is 4.94. The Labute approximate surface area is 81.5 Å². The minimum Gasteiger partial charge on any atom is -0.393 e. The van der Waals surface area contributed by atoms with Gasteiger partial charge in [-0.2, -0.15) is 0 Å². The van der Waals surface area contributed by atoms with Gasteiger partial charge in [0.2, 0.25) is 0 Å². The molecule has 4 unspecified atom stereocenters. The maximum atomic E-state index is 9.16. The average Bonchev–Trinajstić information content (AvgIpc) is 2.01. The fourth-order valence-corrected chi connectivity index (χ4v) is 1.37. The number of methoxy groups -OCH3 is 1. The van der Waals surface area contributed by atoms with Gasteiger partial charge in [-0.1, -0.05) is 0 Å². The van der Waals surface area contributed by atoms with Gasteiger partial charge in [0, 0.05) is 19.2 Å². The van der Waals surface area contributed by atoms with Crippen molar-refractivity contribution < 1.29 is 9.84 Å². The molecule has 13 heavy (non-hydrogen) atoms. The molecule has 0 bridgehead atoms. The Morgan fingerprint density at radius 1 is 1.23 bits per heavy atom. The lowest BCUT2D eigenvalue weighted by Gasteiger charge is -2.24. The Hall–Kier alpha value is -0.120. The molecule has 0 spiro atoms. The van der Waals surface area contributed by atoms with Crippen LogP contribution in [-0.2, 0) is 4.74 Å². The lowest BCUT2D eigenvalue weighted by atomic mass is 10.1. The summed E-state index contributed by atoms with van der Waals surface area (Å²) in [6.07, 6.45) is 0.741. The Morgan fingerprint density at radius 3 is 2.15 bits per heavy atom. The van der Waals surface area contributed by atoms with Gasteiger partial charge in [0.25, 0.3) is 0 Å². The number of ether oxygens (including phenoxy) is 1. The largest absolute Gasteiger partial charge is 0.393 e. The fraction of sp³-hybridized carbons (Fsp3) is 1.00. The molecule has 0 aliphatic rings. The first kappa shape index (κ1) is 12.9. The summed E-state index contributed by atoms with van der Waals surface area (Å²) in [6.45, 7) is 8.01. The van der Waals surface area contributed by atoms with Crippen LogP contribution in [-0.4, -0.2) is 36.5 Å². The highest BCUT2D eigenvalue weighted by molar-refractivity contribution is 4.73. The SMILES string of the molecule is COC(C)C(C)NC(C)CC(C)O. The monoisotopic (exact) mass is 189 g/mol. The number of hydrogen-bond acceptors (Lipinski definition) is 3. The zero-order chi connectivity index (χ0) is 10.4. The zero-order valence-corrected chi connectivity index (χ0v) is 9.37. The van der Waals surface area contributed by atoms with Crippen molar-refractivity contribution in [3.63, 3.8) is 0 Å². The molecule has 0 radical (unpaired) electrons. The Morgan fingerprint density at radius 2 is 1.77 bits per heavy atom. The van der Waals surface area contributed by atoms with E-state index in [1.807, 2.05) is 13.8 Å². The summed E-state index contributed by atoms with van der Waals surface area (Å²) < 4.78 is 5.19. The van der Waals surface area contributed by atoms with Gasteiger partial charge in [-0.15, -0.1) is 0 Å². The van der Waals surface area contributed by atoms with Gasteiger partial charge in [-0.3, -0.25) is 0 Å². The molecule has 4 atom stereocenters. The van der Waals surface area contributed by atoms with E-state index in [2.05, 4.69) is 19.2 Å². The van der Waals surface area contributed by atoms with Crippen LogP contribution in [0.3, 0.4) is 0 Å². The number of aliphatic hydroxyl groups excluding tert-OH is 1. The number of aliphatic hydroxyl groups is 1. The van der Waals surface area contributed by atoms with Crippen molar-refractivity contribution in [3.05, 3.63) is 0 Å². The van der Waals surface area contributed by atoms with Gasteiger partial charge in [0.15, 0.2) is 0 Å². The lowest BCUT2D eigenvalue weighted by molar-refractivity contribution is 0.0808. The van der Waals surface area contributed by atoms with E-state index in [-0.39, 0.29) is 12.2 Å². The van der Waals surface area contributed by atoms with Crippen LogP contribution >= 0.6 is 0 Å². The van der Waals surface area contributed by atoms with Gasteiger partial charge >= 0.3 is 0 Å². The normalized spacial score (nSPS) is 20.8. The zero-order valence-electron chi connectivity index (χ0n) is 9.37. The van der Waals surface area contributed by atoms with Gasteiger partial charge < -0.3 is 15.2 Å². The van der Waals surface area contributed by atoms with Crippen LogP contribution in [0.5, 0.6) is 0 Å². The molecule has 0 rings (SSSR count). The molecule has 0 heterocycles. The molecular weight excluding hydrogens is 166 g/mol. The second-order valence-corrected chi connectivity index (χ2v) is 3.88. The second-order valence-electron chi connectivity index (χ2n) is 3.88. The van der Waals surface area contributed by atoms with E-state index in [0.717, 1.165) is 6.42 Å². The molecule has 3 nitrogen and oxygen atoms in total. The molecule has 0 saturated heterocycles. The minimum absolute atomic E-state index is 0.205. The molecule has 0 fully saturated rings. The van der Waals surface area contributed by atoms with Crippen molar-refractivity contribution in [2.45, 2.75) is 58.4 Å². The van der Waals surface area contributed by atoms with Crippen LogP contribution in [0.1, 0.15) is 34.1 Å². The quantitative estimate of drug-likeness (QED) is 0.659. The van der Waals surface area contributed by atoms with E-state index in [1.54, 1.807) is 7.11 Å². The fourth-order valence-electron chi connectivity index (χ4n) is 1.37. The Bertz CT molecular complexity index is 128. The molecule has 0 aliphatic heterocycles. The molecular formula is C10H23NO2. The van der Waals surface area contributed by atoms with E-state index >= 15 is 0 Å². The van der Waals surface area contributed by atoms with Crippen LogP contribution in [0, 0.1) is 0 Å². The predicted molar refractivity (Wildman–Crippen MR) is 54.8 cm³/mol. The summed E-state index contributed by atoms with van der Waals surface area (Å²) in [6, 6.07) is 0.645. The van der Waals surface area contributed by atoms with Crippen LogP contribution in [0.15, 0.2) is 0 Å². The topological polar surface area (TPSA) is 41.5 Å². The van der Waals surface area contributed by atoms with Crippen LogP contribution in [0.25, 0.3) is 0 Å². The highest BCUT2D eigenvalue weighted by Gasteiger charge is 2.14. The third-order valence-electron chi connectivity index (χ3n) is 2.32. The smallest absolute Gasteiger partial charge is 0.0693 e. The molecule has 0 aromatic heterocycles. The van der Waals surface area contributed by atoms with Crippen molar-refractivity contribution in [2.75, 3.05) is 7.11 Å². The molecule has 0 amide bonds. The highest BCUT2D eigenvalue weighted by atomic mass is 16.5. The maximum Gasteiger partial charge on any atom is 0.0693 e. The Balaban J connectivity index is 3.70. The summed E-state index contributed by atoms with van der Waals surface area (Å²) in [5.41, 5.74) is 0. The Kier molecular flexibility index (Phi) is 6.29. The van der Waals surface area contributed by atoms with Crippen LogP contribution in [0.4, 0.5) is 0 Å². The van der Waals surface area contributed by atoms with Gasteiger partial charge in [0.05, 0.1) is 12.2 Å². The van der Waals surface area contributed by atoms with E-state index in [0.29, 0.717) is 12.1 Å².